The van der Waals surface area contributed by atoms with Gasteiger partial charge in [0.25, 0.3) is 0 Å². The van der Waals surface area contributed by atoms with Gasteiger partial charge in [-0.25, -0.2) is 4.79 Å². The molecule has 1 aliphatic rings. The SMILES string of the molecule is CC[C@H](CC(C)C)CN1C(=O)OC[C@@H]1Cc1ccccc1. The van der Waals surface area contributed by atoms with E-state index in [-0.39, 0.29) is 12.1 Å². The van der Waals surface area contributed by atoms with E-state index in [4.69, 9.17) is 4.74 Å². The Morgan fingerprint density at radius 3 is 2.62 bits per heavy atom. The van der Waals surface area contributed by atoms with Crippen LogP contribution in [0.2, 0.25) is 0 Å². The molecule has 0 spiro atoms. The highest BCUT2D eigenvalue weighted by molar-refractivity contribution is 5.70. The van der Waals surface area contributed by atoms with Crippen LogP contribution in [0.1, 0.15) is 39.2 Å². The third-order valence-corrected chi connectivity index (χ3v) is 4.23. The summed E-state index contributed by atoms with van der Waals surface area (Å²) in [4.78, 5) is 14.0. The maximum atomic E-state index is 12.0. The van der Waals surface area contributed by atoms with E-state index in [1.165, 1.54) is 12.0 Å². The number of ether oxygens (including phenoxy) is 1. The summed E-state index contributed by atoms with van der Waals surface area (Å²) >= 11 is 0. The Morgan fingerprint density at radius 1 is 1.29 bits per heavy atom. The zero-order valence-corrected chi connectivity index (χ0v) is 13.4. The van der Waals surface area contributed by atoms with Gasteiger partial charge >= 0.3 is 6.09 Å². The molecule has 1 saturated heterocycles. The van der Waals surface area contributed by atoms with Crippen LogP contribution in [0.4, 0.5) is 4.79 Å². The van der Waals surface area contributed by atoms with Crippen molar-refractivity contribution in [2.45, 2.75) is 46.1 Å². The molecule has 0 aromatic heterocycles. The molecule has 1 amide bonds. The molecule has 116 valence electrons. The maximum absolute atomic E-state index is 12.0. The van der Waals surface area contributed by atoms with Crippen molar-refractivity contribution < 1.29 is 9.53 Å². The largest absolute Gasteiger partial charge is 0.447 e. The molecule has 1 fully saturated rings. The summed E-state index contributed by atoms with van der Waals surface area (Å²) in [6.45, 7) is 8.04. The van der Waals surface area contributed by atoms with Gasteiger partial charge in [0.15, 0.2) is 0 Å². The van der Waals surface area contributed by atoms with Gasteiger partial charge in [-0.1, -0.05) is 57.5 Å². The van der Waals surface area contributed by atoms with Crippen LogP contribution >= 0.6 is 0 Å². The van der Waals surface area contributed by atoms with E-state index >= 15 is 0 Å². The van der Waals surface area contributed by atoms with Crippen molar-refractivity contribution in [3.8, 4) is 0 Å². The van der Waals surface area contributed by atoms with Crippen LogP contribution in [0.3, 0.4) is 0 Å². The summed E-state index contributed by atoms with van der Waals surface area (Å²) in [6, 6.07) is 10.5. The fourth-order valence-electron chi connectivity index (χ4n) is 3.08. The zero-order valence-electron chi connectivity index (χ0n) is 13.4. The molecule has 0 N–H and O–H groups in total. The van der Waals surface area contributed by atoms with E-state index in [2.05, 4.69) is 32.9 Å². The van der Waals surface area contributed by atoms with Crippen molar-refractivity contribution >= 4 is 6.09 Å². The highest BCUT2D eigenvalue weighted by Crippen LogP contribution is 2.23. The van der Waals surface area contributed by atoms with Crippen molar-refractivity contribution in [2.75, 3.05) is 13.2 Å². The number of benzene rings is 1. The second-order valence-corrected chi connectivity index (χ2v) is 6.48. The number of carbonyl (C=O) groups excluding carboxylic acids is 1. The highest BCUT2D eigenvalue weighted by Gasteiger charge is 2.34. The highest BCUT2D eigenvalue weighted by atomic mass is 16.6. The standard InChI is InChI=1S/C18H27NO2/c1-4-15(10-14(2)3)12-19-17(13-21-18(19)20)11-16-8-6-5-7-9-16/h5-9,14-15,17H,4,10-13H2,1-3H3/t15-,17+/m1/s1. The Morgan fingerprint density at radius 2 is 2.00 bits per heavy atom. The van der Waals surface area contributed by atoms with Gasteiger partial charge in [-0.15, -0.1) is 0 Å². The normalized spacial score (nSPS) is 19.9. The second kappa shape index (κ2) is 7.48. The van der Waals surface area contributed by atoms with Crippen LogP contribution in [0.5, 0.6) is 0 Å². The molecule has 0 unspecified atom stereocenters. The van der Waals surface area contributed by atoms with Gasteiger partial charge in [-0.3, -0.25) is 0 Å². The molecule has 1 aliphatic heterocycles. The first kappa shape index (κ1) is 15.9. The number of rotatable bonds is 7. The lowest BCUT2D eigenvalue weighted by Gasteiger charge is -2.27. The van der Waals surface area contributed by atoms with Crippen LogP contribution in [0.15, 0.2) is 30.3 Å². The Balaban J connectivity index is 1.99. The first-order valence-corrected chi connectivity index (χ1v) is 8.07. The van der Waals surface area contributed by atoms with Gasteiger partial charge in [0, 0.05) is 6.54 Å². The predicted octanol–water partition coefficient (Wildman–Crippen LogP) is 4.12. The molecule has 2 rings (SSSR count). The average molecular weight is 289 g/mol. The van der Waals surface area contributed by atoms with Crippen LogP contribution in [-0.2, 0) is 11.2 Å². The Bertz CT molecular complexity index is 444. The minimum atomic E-state index is -0.141. The summed E-state index contributed by atoms with van der Waals surface area (Å²) in [7, 11) is 0. The molecular weight excluding hydrogens is 262 g/mol. The average Bonchev–Trinajstić information content (AvgIpc) is 2.80. The molecule has 1 aromatic rings. The van der Waals surface area contributed by atoms with E-state index in [9.17, 15) is 4.79 Å². The van der Waals surface area contributed by atoms with Gasteiger partial charge in [-0.2, -0.15) is 0 Å². The number of carbonyl (C=O) groups is 1. The Kier molecular flexibility index (Phi) is 5.66. The molecule has 0 radical (unpaired) electrons. The maximum Gasteiger partial charge on any atom is 0.410 e. The quantitative estimate of drug-likeness (QED) is 0.755. The van der Waals surface area contributed by atoms with E-state index in [0.717, 1.165) is 19.4 Å². The number of amides is 1. The van der Waals surface area contributed by atoms with Crippen molar-refractivity contribution in [3.05, 3.63) is 35.9 Å². The summed E-state index contributed by atoms with van der Waals surface area (Å²) < 4.78 is 5.29. The molecule has 1 heterocycles. The van der Waals surface area contributed by atoms with E-state index in [1.807, 2.05) is 23.1 Å². The van der Waals surface area contributed by atoms with Crippen LogP contribution in [0.25, 0.3) is 0 Å². The van der Waals surface area contributed by atoms with Gasteiger partial charge < -0.3 is 9.64 Å². The van der Waals surface area contributed by atoms with E-state index < -0.39 is 0 Å². The van der Waals surface area contributed by atoms with Crippen molar-refractivity contribution in [3.63, 3.8) is 0 Å². The molecule has 21 heavy (non-hydrogen) atoms. The molecule has 1 aromatic carbocycles. The van der Waals surface area contributed by atoms with Crippen LogP contribution in [0, 0.1) is 11.8 Å². The summed E-state index contributed by atoms with van der Waals surface area (Å²) in [6.07, 6.45) is 3.02. The van der Waals surface area contributed by atoms with Gasteiger partial charge in [0.1, 0.15) is 6.61 Å². The minimum absolute atomic E-state index is 0.141. The molecule has 3 nitrogen and oxygen atoms in total. The molecule has 2 atom stereocenters. The van der Waals surface area contributed by atoms with E-state index in [0.29, 0.717) is 18.4 Å². The fraction of sp³-hybridized carbons (Fsp3) is 0.611. The summed E-state index contributed by atoms with van der Waals surface area (Å²) in [5.41, 5.74) is 1.27. The van der Waals surface area contributed by atoms with Crippen molar-refractivity contribution in [1.82, 2.24) is 4.90 Å². The van der Waals surface area contributed by atoms with Gasteiger partial charge in [0.2, 0.25) is 0 Å². The lowest BCUT2D eigenvalue weighted by atomic mass is 9.93. The number of hydrogen-bond acceptors (Lipinski definition) is 2. The fourth-order valence-corrected chi connectivity index (χ4v) is 3.08. The smallest absolute Gasteiger partial charge is 0.410 e. The summed E-state index contributed by atoms with van der Waals surface area (Å²) in [5, 5.41) is 0. The summed E-state index contributed by atoms with van der Waals surface area (Å²) in [5.74, 6) is 1.23. The number of hydrogen-bond donors (Lipinski definition) is 0. The lowest BCUT2D eigenvalue weighted by molar-refractivity contribution is 0.149. The molecule has 0 saturated carbocycles. The van der Waals surface area contributed by atoms with Gasteiger partial charge in [0.05, 0.1) is 6.04 Å². The first-order valence-electron chi connectivity index (χ1n) is 8.07. The Hall–Kier alpha value is -1.51. The number of nitrogens with zero attached hydrogens (tertiary/aromatic N) is 1. The zero-order chi connectivity index (χ0) is 15.2. The topological polar surface area (TPSA) is 29.5 Å². The van der Waals surface area contributed by atoms with E-state index in [1.54, 1.807) is 0 Å². The van der Waals surface area contributed by atoms with Crippen molar-refractivity contribution in [2.24, 2.45) is 11.8 Å². The lowest BCUT2D eigenvalue weighted by Crippen LogP contribution is -2.38. The molecule has 0 aliphatic carbocycles. The van der Waals surface area contributed by atoms with Crippen LogP contribution < -0.4 is 0 Å². The minimum Gasteiger partial charge on any atom is -0.447 e. The first-order chi connectivity index (χ1) is 10.1. The third kappa shape index (κ3) is 4.48. The second-order valence-electron chi connectivity index (χ2n) is 6.48. The monoisotopic (exact) mass is 289 g/mol. The molecule has 0 bridgehead atoms. The van der Waals surface area contributed by atoms with Gasteiger partial charge in [-0.05, 0) is 30.2 Å². The van der Waals surface area contributed by atoms with Crippen LogP contribution in [-0.4, -0.2) is 30.2 Å². The third-order valence-electron chi connectivity index (χ3n) is 4.23. The van der Waals surface area contributed by atoms with Crippen molar-refractivity contribution in [1.29, 1.82) is 0 Å². The predicted molar refractivity (Wildman–Crippen MR) is 85.2 cm³/mol. The molecular formula is C18H27NO2. The Labute approximate surface area is 128 Å². The molecule has 3 heteroatoms. The number of cyclic esters (lactones) is 1.